The van der Waals surface area contributed by atoms with Gasteiger partial charge in [0.05, 0.1) is 0 Å². The number of imidazole rings is 1. The Labute approximate surface area is 90.7 Å². The predicted molar refractivity (Wildman–Crippen MR) is 54.2 cm³/mol. The summed E-state index contributed by atoms with van der Waals surface area (Å²) in [5, 5.41) is 0. The zero-order valence-electron chi connectivity index (χ0n) is 8.75. The minimum atomic E-state index is -4.38. The van der Waals surface area contributed by atoms with Crippen LogP contribution in [0.15, 0.2) is 24.5 Å². The third-order valence-electron chi connectivity index (χ3n) is 2.37. The number of pyridine rings is 1. The van der Waals surface area contributed by atoms with Gasteiger partial charge in [-0.2, -0.15) is 13.2 Å². The summed E-state index contributed by atoms with van der Waals surface area (Å²) in [5.41, 5.74) is 0.410. The van der Waals surface area contributed by atoms with E-state index in [1.165, 1.54) is 4.40 Å². The van der Waals surface area contributed by atoms with Gasteiger partial charge in [0.2, 0.25) is 0 Å². The van der Waals surface area contributed by atoms with Crippen LogP contribution in [0.1, 0.15) is 24.6 Å². The number of aromatic nitrogens is 2. The highest BCUT2D eigenvalue weighted by atomic mass is 19.4. The molecule has 0 amide bonds. The van der Waals surface area contributed by atoms with E-state index in [1.54, 1.807) is 12.3 Å². The Balaban J connectivity index is 2.57. The van der Waals surface area contributed by atoms with Crippen molar-refractivity contribution in [2.45, 2.75) is 25.9 Å². The van der Waals surface area contributed by atoms with E-state index in [0.717, 1.165) is 24.6 Å². The largest absolute Gasteiger partial charge is 0.434 e. The topological polar surface area (TPSA) is 17.3 Å². The lowest BCUT2D eigenvalue weighted by atomic mass is 10.1. The second kappa shape index (κ2) is 3.81. The summed E-state index contributed by atoms with van der Waals surface area (Å²) < 4.78 is 38.8. The number of alkyl halides is 3. The van der Waals surface area contributed by atoms with Crippen molar-refractivity contribution in [1.29, 1.82) is 0 Å². The Morgan fingerprint density at radius 2 is 2.12 bits per heavy atom. The highest BCUT2D eigenvalue weighted by Gasteiger charge is 2.34. The van der Waals surface area contributed by atoms with Gasteiger partial charge in [-0.05, 0) is 18.1 Å². The molecule has 0 atom stereocenters. The SMILES string of the molecule is CCCc1cccn2cc(C(F)(F)F)nc12. The van der Waals surface area contributed by atoms with Gasteiger partial charge < -0.3 is 4.40 Å². The van der Waals surface area contributed by atoms with Crippen molar-refractivity contribution in [3.8, 4) is 0 Å². The van der Waals surface area contributed by atoms with E-state index >= 15 is 0 Å². The summed E-state index contributed by atoms with van der Waals surface area (Å²) in [4.78, 5) is 3.64. The van der Waals surface area contributed by atoms with Gasteiger partial charge in [0.15, 0.2) is 5.69 Å². The average molecular weight is 228 g/mol. The van der Waals surface area contributed by atoms with Crippen LogP contribution in [0, 0.1) is 0 Å². The predicted octanol–water partition coefficient (Wildman–Crippen LogP) is 3.31. The Morgan fingerprint density at radius 1 is 1.38 bits per heavy atom. The fourth-order valence-corrected chi connectivity index (χ4v) is 1.67. The van der Waals surface area contributed by atoms with Crippen LogP contribution in [-0.4, -0.2) is 9.38 Å². The highest BCUT2D eigenvalue weighted by molar-refractivity contribution is 5.49. The zero-order chi connectivity index (χ0) is 11.8. The number of hydrogen-bond acceptors (Lipinski definition) is 1. The lowest BCUT2D eigenvalue weighted by Gasteiger charge is -2.00. The first-order valence-electron chi connectivity index (χ1n) is 5.06. The van der Waals surface area contributed by atoms with Crippen LogP contribution in [0.3, 0.4) is 0 Å². The molecule has 0 N–H and O–H groups in total. The van der Waals surface area contributed by atoms with Crippen LogP contribution in [0.2, 0.25) is 0 Å². The molecule has 0 saturated heterocycles. The Kier molecular flexibility index (Phi) is 2.61. The van der Waals surface area contributed by atoms with E-state index in [9.17, 15) is 13.2 Å². The maximum Gasteiger partial charge on any atom is 0.434 e. The first-order chi connectivity index (χ1) is 7.52. The summed E-state index contributed by atoms with van der Waals surface area (Å²) in [7, 11) is 0. The molecule has 0 aliphatic heterocycles. The summed E-state index contributed by atoms with van der Waals surface area (Å²) in [6.07, 6.45) is -0.159. The van der Waals surface area contributed by atoms with Crippen molar-refractivity contribution in [2.24, 2.45) is 0 Å². The zero-order valence-corrected chi connectivity index (χ0v) is 8.75. The van der Waals surface area contributed by atoms with Crippen molar-refractivity contribution < 1.29 is 13.2 Å². The van der Waals surface area contributed by atoms with E-state index in [4.69, 9.17) is 0 Å². The van der Waals surface area contributed by atoms with Crippen molar-refractivity contribution in [3.05, 3.63) is 35.8 Å². The minimum Gasteiger partial charge on any atom is -0.306 e. The molecule has 86 valence electrons. The summed E-state index contributed by atoms with van der Waals surface area (Å²) >= 11 is 0. The van der Waals surface area contributed by atoms with E-state index in [1.807, 2.05) is 13.0 Å². The number of fused-ring (bicyclic) bond motifs is 1. The Morgan fingerprint density at radius 3 is 2.75 bits per heavy atom. The fourth-order valence-electron chi connectivity index (χ4n) is 1.67. The Hall–Kier alpha value is -1.52. The first kappa shape index (κ1) is 11.0. The number of rotatable bonds is 2. The maximum atomic E-state index is 12.5. The lowest BCUT2D eigenvalue weighted by molar-refractivity contribution is -0.140. The molecule has 2 aromatic heterocycles. The number of hydrogen-bond donors (Lipinski definition) is 0. The number of aryl methyl sites for hydroxylation is 1. The molecule has 0 bridgehead atoms. The molecule has 0 spiro atoms. The molecule has 2 aromatic rings. The van der Waals surface area contributed by atoms with Crippen LogP contribution in [0.25, 0.3) is 5.65 Å². The van der Waals surface area contributed by atoms with E-state index in [0.29, 0.717) is 5.65 Å². The van der Waals surface area contributed by atoms with Crippen molar-refractivity contribution in [3.63, 3.8) is 0 Å². The standard InChI is InChI=1S/C11H11F3N2/c1-2-4-8-5-3-6-16-7-9(11(12,13)14)15-10(8)16/h3,5-7H,2,4H2,1H3. The van der Waals surface area contributed by atoms with Crippen molar-refractivity contribution in [2.75, 3.05) is 0 Å². The van der Waals surface area contributed by atoms with Gasteiger partial charge in [0.1, 0.15) is 5.65 Å². The van der Waals surface area contributed by atoms with Gasteiger partial charge in [0.25, 0.3) is 0 Å². The highest BCUT2D eigenvalue weighted by Crippen LogP contribution is 2.29. The van der Waals surface area contributed by atoms with Crippen LogP contribution in [-0.2, 0) is 12.6 Å². The molecule has 2 heterocycles. The van der Waals surface area contributed by atoms with Crippen LogP contribution >= 0.6 is 0 Å². The third-order valence-corrected chi connectivity index (χ3v) is 2.37. The molecule has 2 rings (SSSR count). The molecule has 0 unspecified atom stereocenters. The molecule has 16 heavy (non-hydrogen) atoms. The van der Waals surface area contributed by atoms with Crippen LogP contribution in [0.4, 0.5) is 13.2 Å². The molecule has 0 aliphatic rings. The maximum absolute atomic E-state index is 12.5. The monoisotopic (exact) mass is 228 g/mol. The third kappa shape index (κ3) is 1.89. The van der Waals surface area contributed by atoms with Gasteiger partial charge in [-0.3, -0.25) is 0 Å². The molecule has 0 radical (unpaired) electrons. The van der Waals surface area contributed by atoms with E-state index < -0.39 is 11.9 Å². The quantitative estimate of drug-likeness (QED) is 0.770. The second-order valence-corrected chi connectivity index (χ2v) is 3.64. The van der Waals surface area contributed by atoms with E-state index in [2.05, 4.69) is 4.98 Å². The summed E-state index contributed by atoms with van der Waals surface area (Å²) in [5.74, 6) is 0. The van der Waals surface area contributed by atoms with Gasteiger partial charge in [-0.15, -0.1) is 0 Å². The minimum absolute atomic E-state index is 0.400. The Bertz CT molecular complexity index is 499. The van der Waals surface area contributed by atoms with Crippen molar-refractivity contribution >= 4 is 5.65 Å². The van der Waals surface area contributed by atoms with Gasteiger partial charge in [0, 0.05) is 12.4 Å². The molecule has 0 saturated carbocycles. The molecule has 2 nitrogen and oxygen atoms in total. The van der Waals surface area contributed by atoms with Gasteiger partial charge in [-0.25, -0.2) is 4.98 Å². The fraction of sp³-hybridized carbons (Fsp3) is 0.364. The second-order valence-electron chi connectivity index (χ2n) is 3.64. The summed E-state index contributed by atoms with van der Waals surface area (Å²) in [6.45, 7) is 1.98. The van der Waals surface area contributed by atoms with Crippen LogP contribution in [0.5, 0.6) is 0 Å². The normalized spacial score (nSPS) is 12.2. The average Bonchev–Trinajstić information content (AvgIpc) is 2.62. The molecule has 5 heteroatoms. The van der Waals surface area contributed by atoms with E-state index in [-0.39, 0.29) is 0 Å². The van der Waals surface area contributed by atoms with Gasteiger partial charge >= 0.3 is 6.18 Å². The first-order valence-corrected chi connectivity index (χ1v) is 5.06. The lowest BCUT2D eigenvalue weighted by Crippen LogP contribution is -2.04. The van der Waals surface area contributed by atoms with Crippen molar-refractivity contribution in [1.82, 2.24) is 9.38 Å². The molecule has 0 fully saturated rings. The summed E-state index contributed by atoms with van der Waals surface area (Å²) in [6, 6.07) is 3.55. The van der Waals surface area contributed by atoms with Gasteiger partial charge in [-0.1, -0.05) is 19.4 Å². The molecular formula is C11H11F3N2. The number of halogens is 3. The smallest absolute Gasteiger partial charge is 0.306 e. The molecule has 0 aromatic carbocycles. The molecular weight excluding hydrogens is 217 g/mol. The number of nitrogens with zero attached hydrogens (tertiary/aromatic N) is 2. The van der Waals surface area contributed by atoms with Crippen LogP contribution < -0.4 is 0 Å². The molecule has 0 aliphatic carbocycles.